The lowest BCUT2D eigenvalue weighted by Gasteiger charge is -2.20. The molecule has 0 amide bonds. The summed E-state index contributed by atoms with van der Waals surface area (Å²) in [6.45, 7) is 0. The number of aryl methyl sites for hydroxylation is 1. The summed E-state index contributed by atoms with van der Waals surface area (Å²) in [6, 6.07) is 1.59. The van der Waals surface area contributed by atoms with Crippen molar-refractivity contribution in [2.24, 2.45) is 5.92 Å². The van der Waals surface area contributed by atoms with E-state index >= 15 is 0 Å². The van der Waals surface area contributed by atoms with Crippen LogP contribution in [-0.2, 0) is 17.6 Å². The van der Waals surface area contributed by atoms with Crippen molar-refractivity contribution < 1.29 is 9.90 Å². The van der Waals surface area contributed by atoms with Gasteiger partial charge >= 0.3 is 5.97 Å². The molecule has 1 aliphatic carbocycles. The maximum absolute atomic E-state index is 11.0. The van der Waals surface area contributed by atoms with E-state index in [-0.39, 0.29) is 5.92 Å². The Hall–Kier alpha value is -1.72. The van der Waals surface area contributed by atoms with Gasteiger partial charge in [-0.05, 0) is 30.9 Å². The smallest absolute Gasteiger partial charge is 0.306 e. The third kappa shape index (κ3) is 2.84. The van der Waals surface area contributed by atoms with Crippen LogP contribution in [0.3, 0.4) is 0 Å². The molecule has 1 aliphatic rings. The van der Waals surface area contributed by atoms with Crippen molar-refractivity contribution in [2.45, 2.75) is 19.3 Å². The van der Waals surface area contributed by atoms with Gasteiger partial charge in [0.2, 0.25) is 0 Å². The lowest BCUT2D eigenvalue weighted by Crippen LogP contribution is -2.23. The van der Waals surface area contributed by atoms with Crippen molar-refractivity contribution in [3.63, 3.8) is 0 Å². The Morgan fingerprint density at radius 1 is 1.29 bits per heavy atom. The largest absolute Gasteiger partial charge is 0.481 e. The maximum Gasteiger partial charge on any atom is 0.306 e. The molecule has 2 aromatic rings. The first-order valence-electron chi connectivity index (χ1n) is 6.43. The zero-order valence-corrected chi connectivity index (χ0v) is 12.4. The van der Waals surface area contributed by atoms with Crippen LogP contribution in [0, 0.1) is 5.92 Å². The van der Waals surface area contributed by atoms with Gasteiger partial charge in [-0.3, -0.25) is 4.79 Å². The SMILES string of the molecule is O=C(O)C1CCc2nc(-c3ncc(Cl)cc3Cl)ncc2C1. The standard InChI is InChI=1S/C14H11Cl2N3O2/c15-9-4-10(16)12(17-6-9)13-18-5-8-3-7(14(20)21)1-2-11(8)19-13/h4-7H,1-3H2,(H,20,21). The molecule has 108 valence electrons. The van der Waals surface area contributed by atoms with Crippen LogP contribution in [-0.4, -0.2) is 26.0 Å². The average molecular weight is 324 g/mol. The molecule has 0 radical (unpaired) electrons. The van der Waals surface area contributed by atoms with Crippen molar-refractivity contribution in [1.82, 2.24) is 15.0 Å². The van der Waals surface area contributed by atoms with Crippen molar-refractivity contribution in [1.29, 1.82) is 0 Å². The molecule has 2 aromatic heterocycles. The molecule has 0 bridgehead atoms. The highest BCUT2D eigenvalue weighted by atomic mass is 35.5. The van der Waals surface area contributed by atoms with Gasteiger partial charge in [0.1, 0.15) is 5.69 Å². The summed E-state index contributed by atoms with van der Waals surface area (Å²) in [5.41, 5.74) is 2.22. The van der Waals surface area contributed by atoms with Crippen LogP contribution in [0.4, 0.5) is 0 Å². The highest BCUT2D eigenvalue weighted by Crippen LogP contribution is 2.29. The first-order chi connectivity index (χ1) is 10.0. The Morgan fingerprint density at radius 2 is 2.10 bits per heavy atom. The number of halogens is 2. The molecule has 0 saturated carbocycles. The fraction of sp³-hybridized carbons (Fsp3) is 0.286. The number of carbonyl (C=O) groups is 1. The van der Waals surface area contributed by atoms with Gasteiger partial charge in [-0.1, -0.05) is 23.2 Å². The third-order valence-electron chi connectivity index (χ3n) is 3.52. The van der Waals surface area contributed by atoms with E-state index < -0.39 is 5.97 Å². The minimum Gasteiger partial charge on any atom is -0.481 e. The lowest BCUT2D eigenvalue weighted by atomic mass is 9.87. The summed E-state index contributed by atoms with van der Waals surface area (Å²) >= 11 is 11.9. The van der Waals surface area contributed by atoms with Gasteiger partial charge in [0.05, 0.1) is 16.0 Å². The lowest BCUT2D eigenvalue weighted by molar-refractivity contribution is -0.142. The second kappa shape index (κ2) is 5.58. The first kappa shape index (κ1) is 14.2. The molecule has 0 aromatic carbocycles. The molecular weight excluding hydrogens is 313 g/mol. The Bertz CT molecular complexity index is 721. The zero-order chi connectivity index (χ0) is 15.0. The predicted octanol–water partition coefficient (Wildman–Crippen LogP) is 3.03. The number of aliphatic carboxylic acids is 1. The first-order valence-corrected chi connectivity index (χ1v) is 7.19. The number of nitrogens with zero attached hydrogens (tertiary/aromatic N) is 3. The van der Waals surface area contributed by atoms with Crippen LogP contribution >= 0.6 is 23.2 Å². The van der Waals surface area contributed by atoms with E-state index in [9.17, 15) is 4.79 Å². The van der Waals surface area contributed by atoms with E-state index in [2.05, 4.69) is 15.0 Å². The molecule has 1 atom stereocenters. The minimum absolute atomic E-state index is 0.357. The average Bonchev–Trinajstić information content (AvgIpc) is 2.46. The number of carboxylic acids is 1. The van der Waals surface area contributed by atoms with Crippen molar-refractivity contribution in [3.05, 3.63) is 39.8 Å². The molecular formula is C14H11Cl2N3O2. The van der Waals surface area contributed by atoms with Gasteiger partial charge in [0.25, 0.3) is 0 Å². The highest BCUT2D eigenvalue weighted by Gasteiger charge is 2.26. The van der Waals surface area contributed by atoms with E-state index in [0.717, 1.165) is 11.3 Å². The maximum atomic E-state index is 11.0. The van der Waals surface area contributed by atoms with E-state index in [0.29, 0.717) is 40.8 Å². The van der Waals surface area contributed by atoms with Crippen molar-refractivity contribution in [3.8, 4) is 11.5 Å². The van der Waals surface area contributed by atoms with Crippen molar-refractivity contribution in [2.75, 3.05) is 0 Å². The van der Waals surface area contributed by atoms with Gasteiger partial charge in [0, 0.05) is 18.1 Å². The Kier molecular flexibility index (Phi) is 3.78. The minimum atomic E-state index is -0.771. The molecule has 5 nitrogen and oxygen atoms in total. The highest BCUT2D eigenvalue weighted by molar-refractivity contribution is 6.35. The number of rotatable bonds is 2. The van der Waals surface area contributed by atoms with Crippen LogP contribution < -0.4 is 0 Å². The zero-order valence-electron chi connectivity index (χ0n) is 10.9. The molecule has 0 aliphatic heterocycles. The Labute approximate surface area is 131 Å². The molecule has 0 fully saturated rings. The number of hydrogen-bond donors (Lipinski definition) is 1. The Balaban J connectivity index is 1.95. The number of pyridine rings is 1. The molecule has 0 spiro atoms. The van der Waals surface area contributed by atoms with E-state index in [1.165, 1.54) is 6.20 Å². The third-order valence-corrected chi connectivity index (χ3v) is 4.01. The van der Waals surface area contributed by atoms with Crippen LogP contribution in [0.5, 0.6) is 0 Å². The second-order valence-corrected chi connectivity index (χ2v) is 5.77. The summed E-state index contributed by atoms with van der Waals surface area (Å²) in [5, 5.41) is 9.92. The molecule has 0 saturated heterocycles. The van der Waals surface area contributed by atoms with Crippen LogP contribution in [0.25, 0.3) is 11.5 Å². The van der Waals surface area contributed by atoms with Crippen LogP contribution in [0.1, 0.15) is 17.7 Å². The van der Waals surface area contributed by atoms with Gasteiger partial charge in [-0.15, -0.1) is 0 Å². The van der Waals surface area contributed by atoms with Crippen molar-refractivity contribution >= 4 is 29.2 Å². The molecule has 21 heavy (non-hydrogen) atoms. The number of aromatic nitrogens is 3. The molecule has 2 heterocycles. The molecule has 1 unspecified atom stereocenters. The van der Waals surface area contributed by atoms with E-state index in [4.69, 9.17) is 28.3 Å². The van der Waals surface area contributed by atoms with Crippen LogP contribution in [0.2, 0.25) is 10.0 Å². The second-order valence-electron chi connectivity index (χ2n) is 4.93. The Morgan fingerprint density at radius 3 is 2.81 bits per heavy atom. The fourth-order valence-corrected chi connectivity index (χ4v) is 2.88. The summed E-state index contributed by atoms with van der Waals surface area (Å²) in [6.07, 6.45) is 4.83. The predicted molar refractivity (Wildman–Crippen MR) is 78.4 cm³/mol. The normalized spacial score (nSPS) is 17.3. The molecule has 1 N–H and O–H groups in total. The van der Waals surface area contributed by atoms with Gasteiger partial charge in [-0.25, -0.2) is 15.0 Å². The molecule has 7 heteroatoms. The van der Waals surface area contributed by atoms with Crippen LogP contribution in [0.15, 0.2) is 18.5 Å². The monoisotopic (exact) mass is 323 g/mol. The number of hydrogen-bond acceptors (Lipinski definition) is 4. The summed E-state index contributed by atoms with van der Waals surface area (Å²) < 4.78 is 0. The van der Waals surface area contributed by atoms with E-state index in [1.807, 2.05) is 0 Å². The summed E-state index contributed by atoms with van der Waals surface area (Å²) in [7, 11) is 0. The van der Waals surface area contributed by atoms with E-state index in [1.54, 1.807) is 12.3 Å². The van der Waals surface area contributed by atoms with Gasteiger partial charge in [-0.2, -0.15) is 0 Å². The molecule has 3 rings (SSSR count). The quantitative estimate of drug-likeness (QED) is 0.919. The number of fused-ring (bicyclic) bond motifs is 1. The summed E-state index contributed by atoms with van der Waals surface area (Å²) in [4.78, 5) is 23.9. The van der Waals surface area contributed by atoms with Gasteiger partial charge in [0.15, 0.2) is 5.82 Å². The summed E-state index contributed by atoms with van der Waals surface area (Å²) in [5.74, 6) is -0.694. The fourth-order valence-electron chi connectivity index (χ4n) is 2.41. The topological polar surface area (TPSA) is 76.0 Å². The number of carboxylic acid groups (broad SMARTS) is 1. The van der Waals surface area contributed by atoms with Gasteiger partial charge < -0.3 is 5.11 Å².